The molecule has 0 bridgehead atoms. The zero-order valence-corrected chi connectivity index (χ0v) is 10.8. The molecule has 1 fully saturated rings. The standard InChI is InChI=1S/C13H22N4/c1-3-5-11-15-12(17-13(14)16-11)10-7-6-9(4-2)8-10/h9-10H,3-8H2,1-2H3,(H2,14,15,16,17). The molecule has 17 heavy (non-hydrogen) atoms. The van der Waals surface area contributed by atoms with Gasteiger partial charge in [0.05, 0.1) is 0 Å². The van der Waals surface area contributed by atoms with Crippen molar-refractivity contribution in [2.75, 3.05) is 5.73 Å². The van der Waals surface area contributed by atoms with Crippen LogP contribution in [0.1, 0.15) is 63.5 Å². The predicted molar refractivity (Wildman–Crippen MR) is 68.6 cm³/mol. The first-order valence-electron chi connectivity index (χ1n) is 6.73. The van der Waals surface area contributed by atoms with Crippen LogP contribution >= 0.6 is 0 Å². The van der Waals surface area contributed by atoms with Crippen LogP contribution in [0.15, 0.2) is 0 Å². The Labute approximate surface area is 103 Å². The fourth-order valence-electron chi connectivity index (χ4n) is 2.66. The van der Waals surface area contributed by atoms with Gasteiger partial charge in [-0.15, -0.1) is 0 Å². The van der Waals surface area contributed by atoms with Crippen LogP contribution in [0.3, 0.4) is 0 Å². The highest BCUT2D eigenvalue weighted by molar-refractivity contribution is 5.18. The highest BCUT2D eigenvalue weighted by Gasteiger charge is 2.27. The predicted octanol–water partition coefficient (Wildman–Crippen LogP) is 2.70. The first-order valence-corrected chi connectivity index (χ1v) is 6.73. The molecule has 1 saturated carbocycles. The molecule has 1 aromatic heterocycles. The molecule has 1 aromatic rings. The third kappa shape index (κ3) is 2.93. The van der Waals surface area contributed by atoms with Gasteiger partial charge in [-0.25, -0.2) is 4.98 Å². The lowest BCUT2D eigenvalue weighted by Gasteiger charge is -2.10. The van der Waals surface area contributed by atoms with Gasteiger partial charge in [0.1, 0.15) is 11.6 Å². The summed E-state index contributed by atoms with van der Waals surface area (Å²) in [5.74, 6) is 3.51. The second-order valence-electron chi connectivity index (χ2n) is 5.00. The average Bonchev–Trinajstić information content (AvgIpc) is 2.77. The number of aryl methyl sites for hydroxylation is 1. The van der Waals surface area contributed by atoms with Crippen LogP contribution in [0.5, 0.6) is 0 Å². The fraction of sp³-hybridized carbons (Fsp3) is 0.769. The monoisotopic (exact) mass is 234 g/mol. The molecule has 0 saturated heterocycles. The van der Waals surface area contributed by atoms with E-state index in [4.69, 9.17) is 5.73 Å². The van der Waals surface area contributed by atoms with E-state index in [0.717, 1.165) is 30.4 Å². The number of hydrogen-bond acceptors (Lipinski definition) is 4. The lowest BCUT2D eigenvalue weighted by atomic mass is 10.0. The number of rotatable bonds is 4. The molecule has 2 rings (SSSR count). The Kier molecular flexibility index (Phi) is 3.92. The summed E-state index contributed by atoms with van der Waals surface area (Å²) in [6.45, 7) is 4.39. The molecule has 2 atom stereocenters. The summed E-state index contributed by atoms with van der Waals surface area (Å²) >= 11 is 0. The van der Waals surface area contributed by atoms with E-state index in [0.29, 0.717) is 11.9 Å². The molecule has 1 heterocycles. The molecule has 0 amide bonds. The van der Waals surface area contributed by atoms with Crippen LogP contribution < -0.4 is 5.73 Å². The van der Waals surface area contributed by atoms with Crippen molar-refractivity contribution in [2.24, 2.45) is 5.92 Å². The van der Waals surface area contributed by atoms with E-state index in [1.54, 1.807) is 0 Å². The maximum atomic E-state index is 5.76. The van der Waals surface area contributed by atoms with Gasteiger partial charge in [-0.1, -0.05) is 20.3 Å². The first-order chi connectivity index (χ1) is 8.22. The van der Waals surface area contributed by atoms with Gasteiger partial charge in [-0.05, 0) is 31.6 Å². The number of hydrogen-bond donors (Lipinski definition) is 1. The molecule has 4 nitrogen and oxygen atoms in total. The lowest BCUT2D eigenvalue weighted by molar-refractivity contribution is 0.515. The van der Waals surface area contributed by atoms with E-state index in [9.17, 15) is 0 Å². The van der Waals surface area contributed by atoms with Crippen LogP contribution in [0.4, 0.5) is 5.95 Å². The van der Waals surface area contributed by atoms with Gasteiger partial charge in [0, 0.05) is 12.3 Å². The van der Waals surface area contributed by atoms with E-state index in [-0.39, 0.29) is 0 Å². The fourth-order valence-corrected chi connectivity index (χ4v) is 2.66. The number of nitrogens with zero attached hydrogens (tertiary/aromatic N) is 3. The third-order valence-electron chi connectivity index (χ3n) is 3.67. The third-order valence-corrected chi connectivity index (χ3v) is 3.67. The summed E-state index contributed by atoms with van der Waals surface area (Å²) < 4.78 is 0. The molecule has 4 heteroatoms. The molecule has 1 aliphatic carbocycles. The highest BCUT2D eigenvalue weighted by Crippen LogP contribution is 2.38. The Morgan fingerprint density at radius 3 is 2.65 bits per heavy atom. The van der Waals surface area contributed by atoms with Crippen molar-refractivity contribution in [1.29, 1.82) is 0 Å². The van der Waals surface area contributed by atoms with Crippen LogP contribution in [0, 0.1) is 5.92 Å². The number of nitrogens with two attached hydrogens (primary N) is 1. The lowest BCUT2D eigenvalue weighted by Crippen LogP contribution is -2.10. The van der Waals surface area contributed by atoms with Crippen molar-refractivity contribution in [3.05, 3.63) is 11.6 Å². The van der Waals surface area contributed by atoms with Crippen molar-refractivity contribution in [1.82, 2.24) is 15.0 Å². The van der Waals surface area contributed by atoms with Crippen molar-refractivity contribution < 1.29 is 0 Å². The molecule has 0 spiro atoms. The van der Waals surface area contributed by atoms with Crippen molar-refractivity contribution in [3.63, 3.8) is 0 Å². The number of anilines is 1. The number of nitrogen functional groups attached to an aromatic ring is 1. The van der Waals surface area contributed by atoms with Gasteiger partial charge in [-0.3, -0.25) is 0 Å². The minimum absolute atomic E-state index is 0.387. The maximum Gasteiger partial charge on any atom is 0.223 e. The Morgan fingerprint density at radius 2 is 2.00 bits per heavy atom. The summed E-state index contributed by atoms with van der Waals surface area (Å²) in [7, 11) is 0. The maximum absolute atomic E-state index is 5.76. The summed E-state index contributed by atoms with van der Waals surface area (Å²) in [4.78, 5) is 13.1. The Balaban J connectivity index is 2.15. The Morgan fingerprint density at radius 1 is 1.18 bits per heavy atom. The van der Waals surface area contributed by atoms with Gasteiger partial charge < -0.3 is 5.73 Å². The summed E-state index contributed by atoms with van der Waals surface area (Å²) in [6, 6.07) is 0. The van der Waals surface area contributed by atoms with Crippen LogP contribution in [-0.4, -0.2) is 15.0 Å². The Bertz CT molecular complexity index is 378. The molecule has 0 radical (unpaired) electrons. The summed E-state index contributed by atoms with van der Waals surface area (Å²) in [5, 5.41) is 0. The van der Waals surface area contributed by atoms with Crippen molar-refractivity contribution in [3.8, 4) is 0 Å². The highest BCUT2D eigenvalue weighted by atomic mass is 15.1. The summed E-state index contributed by atoms with van der Waals surface area (Å²) in [6.07, 6.45) is 6.92. The normalized spacial score (nSPS) is 24.1. The van der Waals surface area contributed by atoms with Crippen molar-refractivity contribution >= 4 is 5.95 Å². The average molecular weight is 234 g/mol. The quantitative estimate of drug-likeness (QED) is 0.870. The van der Waals surface area contributed by atoms with E-state index in [1.165, 1.54) is 25.7 Å². The largest absolute Gasteiger partial charge is 0.368 e. The van der Waals surface area contributed by atoms with Crippen LogP contribution in [0.2, 0.25) is 0 Å². The van der Waals surface area contributed by atoms with Gasteiger partial charge in [0.25, 0.3) is 0 Å². The zero-order chi connectivity index (χ0) is 12.3. The molecule has 2 N–H and O–H groups in total. The van der Waals surface area contributed by atoms with Gasteiger partial charge in [0.15, 0.2) is 0 Å². The molecule has 0 aliphatic heterocycles. The minimum atomic E-state index is 0.387. The van der Waals surface area contributed by atoms with E-state index in [2.05, 4.69) is 28.8 Å². The molecule has 1 aliphatic rings. The summed E-state index contributed by atoms with van der Waals surface area (Å²) in [5.41, 5.74) is 5.76. The smallest absolute Gasteiger partial charge is 0.223 e. The molecule has 2 unspecified atom stereocenters. The molecular formula is C13H22N4. The van der Waals surface area contributed by atoms with Crippen molar-refractivity contribution in [2.45, 2.75) is 58.3 Å². The van der Waals surface area contributed by atoms with E-state index >= 15 is 0 Å². The van der Waals surface area contributed by atoms with Gasteiger partial charge >= 0.3 is 0 Å². The Hall–Kier alpha value is -1.19. The van der Waals surface area contributed by atoms with Gasteiger partial charge in [0.2, 0.25) is 5.95 Å². The van der Waals surface area contributed by atoms with Crippen LogP contribution in [-0.2, 0) is 6.42 Å². The second kappa shape index (κ2) is 5.43. The zero-order valence-electron chi connectivity index (χ0n) is 10.8. The molecule has 0 aromatic carbocycles. The molecular weight excluding hydrogens is 212 g/mol. The second-order valence-corrected chi connectivity index (χ2v) is 5.00. The van der Waals surface area contributed by atoms with Gasteiger partial charge in [-0.2, -0.15) is 9.97 Å². The van der Waals surface area contributed by atoms with E-state index < -0.39 is 0 Å². The SMILES string of the molecule is CCCc1nc(N)nc(C2CCC(CC)C2)n1. The van der Waals surface area contributed by atoms with Crippen LogP contribution in [0.25, 0.3) is 0 Å². The molecule has 94 valence electrons. The number of aromatic nitrogens is 3. The van der Waals surface area contributed by atoms with E-state index in [1.807, 2.05) is 0 Å². The first kappa shape index (κ1) is 12.3. The topological polar surface area (TPSA) is 64.7 Å². The minimum Gasteiger partial charge on any atom is -0.368 e.